The second-order valence-corrected chi connectivity index (χ2v) is 4.66. The van der Waals surface area contributed by atoms with Crippen LogP contribution in [0.15, 0.2) is 18.2 Å². The van der Waals surface area contributed by atoms with Crippen LogP contribution in [0.5, 0.6) is 5.75 Å². The van der Waals surface area contributed by atoms with E-state index < -0.39 is 6.10 Å². The van der Waals surface area contributed by atoms with Crippen LogP contribution in [-0.4, -0.2) is 24.4 Å². The van der Waals surface area contributed by atoms with Crippen molar-refractivity contribution in [2.75, 3.05) is 7.11 Å². The lowest BCUT2D eigenvalue weighted by molar-refractivity contribution is 0.122. The van der Waals surface area contributed by atoms with Gasteiger partial charge in [0.25, 0.3) is 0 Å². The number of aliphatic hydroxyl groups is 1. The summed E-state index contributed by atoms with van der Waals surface area (Å²) in [7, 11) is 1.43. The van der Waals surface area contributed by atoms with Crippen molar-refractivity contribution in [3.63, 3.8) is 0 Å². The first-order valence-electron chi connectivity index (χ1n) is 5.88. The number of halogens is 1. The van der Waals surface area contributed by atoms with E-state index in [0.717, 1.165) is 18.4 Å². The van der Waals surface area contributed by atoms with Gasteiger partial charge in [-0.2, -0.15) is 0 Å². The van der Waals surface area contributed by atoms with Gasteiger partial charge in [0.15, 0.2) is 11.6 Å². The number of benzene rings is 1. The van der Waals surface area contributed by atoms with Gasteiger partial charge >= 0.3 is 0 Å². The highest BCUT2D eigenvalue weighted by Gasteiger charge is 2.33. The zero-order valence-electron chi connectivity index (χ0n) is 9.90. The highest BCUT2D eigenvalue weighted by Crippen LogP contribution is 2.34. The molecule has 3 nitrogen and oxygen atoms in total. The van der Waals surface area contributed by atoms with Crippen LogP contribution < -0.4 is 10.5 Å². The number of aliphatic hydroxyl groups excluding tert-OH is 1. The van der Waals surface area contributed by atoms with Crippen LogP contribution in [0, 0.1) is 11.7 Å². The molecule has 1 aromatic carbocycles. The van der Waals surface area contributed by atoms with E-state index in [4.69, 9.17) is 10.5 Å². The summed E-state index contributed by atoms with van der Waals surface area (Å²) in [5.41, 5.74) is 6.82. The summed E-state index contributed by atoms with van der Waals surface area (Å²) < 4.78 is 18.1. The van der Waals surface area contributed by atoms with Gasteiger partial charge in [0.2, 0.25) is 0 Å². The lowest BCUT2D eigenvalue weighted by Crippen LogP contribution is -2.38. The third kappa shape index (κ3) is 2.96. The third-order valence-electron chi connectivity index (χ3n) is 3.23. The highest BCUT2D eigenvalue weighted by molar-refractivity contribution is 5.30. The van der Waals surface area contributed by atoms with Gasteiger partial charge in [0.1, 0.15) is 0 Å². The van der Waals surface area contributed by atoms with Crippen molar-refractivity contribution < 1.29 is 14.2 Å². The number of methoxy groups -OCH3 is 1. The molecule has 0 amide bonds. The Morgan fingerprint density at radius 1 is 1.53 bits per heavy atom. The molecule has 94 valence electrons. The van der Waals surface area contributed by atoms with E-state index in [1.807, 2.05) is 0 Å². The smallest absolute Gasteiger partial charge is 0.165 e. The summed E-state index contributed by atoms with van der Waals surface area (Å²) in [6, 6.07) is 4.38. The van der Waals surface area contributed by atoms with E-state index in [1.165, 1.54) is 13.2 Å². The molecule has 0 bridgehead atoms. The fourth-order valence-corrected chi connectivity index (χ4v) is 2.01. The van der Waals surface area contributed by atoms with Gasteiger partial charge in [-0.15, -0.1) is 0 Å². The number of hydrogen-bond acceptors (Lipinski definition) is 3. The maximum atomic E-state index is 13.2. The largest absolute Gasteiger partial charge is 0.494 e. The molecule has 0 aromatic heterocycles. The van der Waals surface area contributed by atoms with E-state index in [9.17, 15) is 9.50 Å². The van der Waals surface area contributed by atoms with Crippen molar-refractivity contribution in [3.8, 4) is 5.75 Å². The molecule has 1 aromatic rings. The Hall–Kier alpha value is -1.13. The van der Waals surface area contributed by atoms with Gasteiger partial charge < -0.3 is 15.6 Å². The average Bonchev–Trinajstić information content (AvgIpc) is 3.14. The minimum Gasteiger partial charge on any atom is -0.494 e. The quantitative estimate of drug-likeness (QED) is 0.818. The van der Waals surface area contributed by atoms with Crippen molar-refractivity contribution in [2.24, 2.45) is 11.7 Å². The van der Waals surface area contributed by atoms with Gasteiger partial charge in [0.05, 0.1) is 13.2 Å². The first kappa shape index (κ1) is 12.3. The number of rotatable bonds is 5. The lowest BCUT2D eigenvalue weighted by atomic mass is 9.99. The van der Waals surface area contributed by atoms with E-state index in [2.05, 4.69) is 0 Å². The first-order valence-corrected chi connectivity index (χ1v) is 5.88. The molecule has 0 radical (unpaired) electrons. The number of nitrogens with two attached hydrogens (primary N) is 1. The molecular weight excluding hydrogens is 221 g/mol. The Bertz CT molecular complexity index is 393. The molecule has 2 atom stereocenters. The molecule has 1 fully saturated rings. The molecule has 17 heavy (non-hydrogen) atoms. The summed E-state index contributed by atoms with van der Waals surface area (Å²) in [4.78, 5) is 0. The highest BCUT2D eigenvalue weighted by atomic mass is 19.1. The van der Waals surface area contributed by atoms with E-state index in [1.54, 1.807) is 12.1 Å². The van der Waals surface area contributed by atoms with Crippen molar-refractivity contribution in [2.45, 2.75) is 31.4 Å². The first-order chi connectivity index (χ1) is 8.11. The summed E-state index contributed by atoms with van der Waals surface area (Å²) in [5, 5.41) is 9.87. The van der Waals surface area contributed by atoms with Crippen LogP contribution in [0.4, 0.5) is 4.39 Å². The zero-order chi connectivity index (χ0) is 12.4. The molecule has 1 aliphatic carbocycles. The zero-order valence-corrected chi connectivity index (χ0v) is 9.90. The van der Waals surface area contributed by atoms with Crippen LogP contribution >= 0.6 is 0 Å². The Morgan fingerprint density at radius 2 is 2.24 bits per heavy atom. The van der Waals surface area contributed by atoms with E-state index >= 15 is 0 Å². The van der Waals surface area contributed by atoms with Gasteiger partial charge in [-0.1, -0.05) is 6.07 Å². The topological polar surface area (TPSA) is 55.5 Å². The molecule has 1 aliphatic rings. The standard InChI is InChI=1S/C13H18FNO2/c1-17-12-7-8(2-5-10(12)14)6-11(15)13(16)9-3-4-9/h2,5,7,9,11,13,16H,3-4,6,15H2,1H3. The normalized spacial score (nSPS) is 18.8. The van der Waals surface area contributed by atoms with Crippen LogP contribution in [-0.2, 0) is 6.42 Å². The molecule has 1 saturated carbocycles. The SMILES string of the molecule is COc1cc(CC(N)C(O)C2CC2)ccc1F. The van der Waals surface area contributed by atoms with E-state index in [-0.39, 0.29) is 17.6 Å². The monoisotopic (exact) mass is 239 g/mol. The number of ether oxygens (including phenoxy) is 1. The predicted molar refractivity (Wildman–Crippen MR) is 63.4 cm³/mol. The van der Waals surface area contributed by atoms with E-state index in [0.29, 0.717) is 12.3 Å². The molecular formula is C13H18FNO2. The molecule has 2 unspecified atom stereocenters. The summed E-state index contributed by atoms with van der Waals surface area (Å²) in [5.74, 6) is 0.190. The molecule has 0 aliphatic heterocycles. The van der Waals surface area contributed by atoms with Gasteiger partial charge in [0, 0.05) is 6.04 Å². The van der Waals surface area contributed by atoms with Crippen molar-refractivity contribution in [3.05, 3.63) is 29.6 Å². The number of hydrogen-bond donors (Lipinski definition) is 2. The van der Waals surface area contributed by atoms with Crippen LogP contribution in [0.2, 0.25) is 0 Å². The lowest BCUT2D eigenvalue weighted by Gasteiger charge is -2.18. The second-order valence-electron chi connectivity index (χ2n) is 4.66. The molecule has 0 heterocycles. The third-order valence-corrected chi connectivity index (χ3v) is 3.23. The summed E-state index contributed by atoms with van der Waals surface area (Å²) in [6.07, 6.45) is 2.20. The van der Waals surface area contributed by atoms with Crippen molar-refractivity contribution in [1.29, 1.82) is 0 Å². The van der Waals surface area contributed by atoms with Crippen molar-refractivity contribution in [1.82, 2.24) is 0 Å². The van der Waals surface area contributed by atoms with Gasteiger partial charge in [-0.25, -0.2) is 4.39 Å². The second kappa shape index (κ2) is 5.02. The Morgan fingerprint density at radius 3 is 2.82 bits per heavy atom. The molecule has 3 N–H and O–H groups in total. The maximum Gasteiger partial charge on any atom is 0.165 e. The van der Waals surface area contributed by atoms with Crippen LogP contribution in [0.3, 0.4) is 0 Å². The fraction of sp³-hybridized carbons (Fsp3) is 0.538. The van der Waals surface area contributed by atoms with Crippen molar-refractivity contribution >= 4 is 0 Å². The molecule has 4 heteroatoms. The Kier molecular flexibility index (Phi) is 3.64. The predicted octanol–water partition coefficient (Wildman–Crippen LogP) is 1.47. The molecule has 0 saturated heterocycles. The minimum atomic E-state index is -0.453. The average molecular weight is 239 g/mol. The fourth-order valence-electron chi connectivity index (χ4n) is 2.01. The van der Waals surface area contributed by atoms with Crippen LogP contribution in [0.25, 0.3) is 0 Å². The molecule has 2 rings (SSSR count). The van der Waals surface area contributed by atoms with Gasteiger partial charge in [-0.3, -0.25) is 0 Å². The summed E-state index contributed by atoms with van der Waals surface area (Å²) in [6.45, 7) is 0. The Balaban J connectivity index is 2.02. The summed E-state index contributed by atoms with van der Waals surface area (Å²) >= 11 is 0. The Labute approximate surface area is 100 Å². The minimum absolute atomic E-state index is 0.218. The molecule has 0 spiro atoms. The van der Waals surface area contributed by atoms with Crippen LogP contribution in [0.1, 0.15) is 18.4 Å². The van der Waals surface area contributed by atoms with Gasteiger partial charge in [-0.05, 0) is 42.9 Å². The maximum absolute atomic E-state index is 13.2.